The van der Waals surface area contributed by atoms with Crippen molar-refractivity contribution in [3.63, 3.8) is 0 Å². The minimum Gasteiger partial charge on any atom is -0.423 e. The Balaban J connectivity index is 2.40. The van der Waals surface area contributed by atoms with E-state index in [1.54, 1.807) is 32.1 Å². The lowest BCUT2D eigenvalue weighted by Crippen LogP contribution is -2.21. The van der Waals surface area contributed by atoms with Crippen LogP contribution < -0.4 is 4.74 Å². The molecule has 4 heteroatoms. The predicted octanol–water partition coefficient (Wildman–Crippen LogP) is 2.68. The van der Waals surface area contributed by atoms with E-state index in [0.717, 1.165) is 5.56 Å². The Kier molecular flexibility index (Phi) is 3.77. The molecule has 1 fully saturated rings. The smallest absolute Gasteiger partial charge is 0.338 e. The third-order valence-corrected chi connectivity index (χ3v) is 3.53. The molecule has 1 aliphatic heterocycles. The molecule has 1 aromatic rings. The molecule has 1 atom stereocenters. The first-order valence-electron chi connectivity index (χ1n) is 6.52. The number of hydrogen-bond donors (Lipinski definition) is 0. The number of esters is 1. The summed E-state index contributed by atoms with van der Waals surface area (Å²) in [6, 6.07) is 5.42. The van der Waals surface area contributed by atoms with Crippen molar-refractivity contribution in [3.05, 3.63) is 41.0 Å². The van der Waals surface area contributed by atoms with Gasteiger partial charge in [0.2, 0.25) is 0 Å². The van der Waals surface area contributed by atoms with Gasteiger partial charge in [0, 0.05) is 11.1 Å². The number of ether oxygens (including phenoxy) is 2. The summed E-state index contributed by atoms with van der Waals surface area (Å²) in [5.74, 6) is -0.107. The van der Waals surface area contributed by atoms with Crippen LogP contribution in [0.1, 0.15) is 31.9 Å². The third kappa shape index (κ3) is 2.51. The van der Waals surface area contributed by atoms with Crippen molar-refractivity contribution in [2.24, 2.45) is 0 Å². The van der Waals surface area contributed by atoms with Gasteiger partial charge in [0.05, 0.1) is 6.61 Å². The van der Waals surface area contributed by atoms with Crippen LogP contribution in [0, 0.1) is 6.92 Å². The number of Topliss-reactive ketones (excluding diaryl/α,β-unsaturated/α-hetero) is 1. The average Bonchev–Trinajstić information content (AvgIpc) is 3.19. The van der Waals surface area contributed by atoms with E-state index in [2.05, 4.69) is 0 Å². The van der Waals surface area contributed by atoms with Crippen LogP contribution in [0.25, 0.3) is 0 Å². The van der Waals surface area contributed by atoms with Gasteiger partial charge in [-0.1, -0.05) is 18.2 Å². The molecule has 1 heterocycles. The molecule has 0 saturated carbocycles. The zero-order valence-electron chi connectivity index (χ0n) is 12.1. The molecule has 0 aliphatic carbocycles. The molecule has 0 radical (unpaired) electrons. The summed E-state index contributed by atoms with van der Waals surface area (Å²) in [6.45, 7) is 7.17. The number of aryl methyl sites for hydroxylation is 1. The quantitative estimate of drug-likeness (QED) is 0.366. The maximum absolute atomic E-state index is 11.9. The number of benzene rings is 1. The molecule has 1 aromatic carbocycles. The van der Waals surface area contributed by atoms with Crippen LogP contribution >= 0.6 is 0 Å². The Bertz CT molecular complexity index is 594. The van der Waals surface area contributed by atoms with Crippen molar-refractivity contribution in [1.82, 2.24) is 0 Å². The minimum atomic E-state index is -0.937. The summed E-state index contributed by atoms with van der Waals surface area (Å²) >= 11 is 0. The SMILES string of the molecule is C/C=C(/C)C(=O)Oc1cc(C)ccc1[C@@]1(C(C)=O)CO1. The highest BCUT2D eigenvalue weighted by atomic mass is 16.6. The normalized spacial score (nSPS) is 21.5. The molecular formula is C16H18O4. The molecule has 1 aliphatic rings. The van der Waals surface area contributed by atoms with Gasteiger partial charge in [0.25, 0.3) is 0 Å². The van der Waals surface area contributed by atoms with Crippen molar-refractivity contribution in [2.45, 2.75) is 33.3 Å². The predicted molar refractivity (Wildman–Crippen MR) is 74.6 cm³/mol. The fourth-order valence-corrected chi connectivity index (χ4v) is 1.97. The highest BCUT2D eigenvalue weighted by molar-refractivity contribution is 5.92. The first-order valence-corrected chi connectivity index (χ1v) is 6.52. The van der Waals surface area contributed by atoms with E-state index in [1.165, 1.54) is 6.92 Å². The molecule has 0 N–H and O–H groups in total. The number of epoxide rings is 1. The van der Waals surface area contributed by atoms with Gasteiger partial charge in [-0.2, -0.15) is 0 Å². The lowest BCUT2D eigenvalue weighted by Gasteiger charge is -2.15. The summed E-state index contributed by atoms with van der Waals surface area (Å²) in [4.78, 5) is 23.7. The van der Waals surface area contributed by atoms with E-state index in [4.69, 9.17) is 9.47 Å². The molecule has 2 rings (SSSR count). The zero-order chi connectivity index (χ0) is 14.9. The highest BCUT2D eigenvalue weighted by Crippen LogP contribution is 2.44. The van der Waals surface area contributed by atoms with Gasteiger partial charge < -0.3 is 9.47 Å². The fraction of sp³-hybridized carbons (Fsp3) is 0.375. The molecule has 0 spiro atoms. The maximum Gasteiger partial charge on any atom is 0.338 e. The molecule has 0 amide bonds. The summed E-state index contributed by atoms with van der Waals surface area (Å²) in [5, 5.41) is 0. The van der Waals surface area contributed by atoms with Crippen molar-refractivity contribution in [1.29, 1.82) is 0 Å². The maximum atomic E-state index is 11.9. The summed E-state index contributed by atoms with van der Waals surface area (Å²) in [7, 11) is 0. The summed E-state index contributed by atoms with van der Waals surface area (Å²) < 4.78 is 10.8. The molecular weight excluding hydrogens is 256 g/mol. The van der Waals surface area contributed by atoms with Crippen LogP contribution in [-0.4, -0.2) is 18.4 Å². The molecule has 0 bridgehead atoms. The van der Waals surface area contributed by atoms with Crippen LogP contribution in [0.5, 0.6) is 5.75 Å². The van der Waals surface area contributed by atoms with Gasteiger partial charge >= 0.3 is 5.97 Å². The summed E-state index contributed by atoms with van der Waals surface area (Å²) in [6.07, 6.45) is 1.69. The number of carbonyl (C=O) groups excluding carboxylic acids is 2. The second-order valence-electron chi connectivity index (χ2n) is 5.03. The highest BCUT2D eigenvalue weighted by Gasteiger charge is 2.53. The van der Waals surface area contributed by atoms with E-state index >= 15 is 0 Å². The second-order valence-corrected chi connectivity index (χ2v) is 5.03. The van der Waals surface area contributed by atoms with Gasteiger partial charge in [0.15, 0.2) is 11.4 Å². The lowest BCUT2D eigenvalue weighted by atomic mass is 9.94. The molecule has 4 nitrogen and oxygen atoms in total. The standard InChI is InChI=1S/C16H18O4/c1-5-11(3)15(18)20-14-8-10(2)6-7-13(14)16(9-19-16)12(4)17/h5-8H,9H2,1-4H3/b11-5-/t16-/m0/s1. The molecule has 106 valence electrons. The number of ketones is 1. The monoisotopic (exact) mass is 274 g/mol. The van der Waals surface area contributed by atoms with Crippen LogP contribution in [0.15, 0.2) is 29.8 Å². The van der Waals surface area contributed by atoms with Crippen molar-refractivity contribution in [3.8, 4) is 5.75 Å². The summed E-state index contributed by atoms with van der Waals surface area (Å²) in [5.41, 5.74) is 1.15. The Morgan fingerprint density at radius 1 is 1.35 bits per heavy atom. The first kappa shape index (κ1) is 14.5. The first-order chi connectivity index (χ1) is 9.40. The van der Waals surface area contributed by atoms with E-state index in [9.17, 15) is 9.59 Å². The van der Waals surface area contributed by atoms with E-state index in [-0.39, 0.29) is 5.78 Å². The number of hydrogen-bond acceptors (Lipinski definition) is 4. The Morgan fingerprint density at radius 2 is 2.00 bits per heavy atom. The van der Waals surface area contributed by atoms with Crippen LogP contribution in [-0.2, 0) is 19.9 Å². The molecule has 20 heavy (non-hydrogen) atoms. The zero-order valence-corrected chi connectivity index (χ0v) is 12.1. The molecule has 0 aromatic heterocycles. The van der Waals surface area contributed by atoms with Crippen LogP contribution in [0.3, 0.4) is 0 Å². The fourth-order valence-electron chi connectivity index (χ4n) is 1.97. The third-order valence-electron chi connectivity index (χ3n) is 3.53. The Hall–Kier alpha value is -1.94. The topological polar surface area (TPSA) is 55.9 Å². The van der Waals surface area contributed by atoms with E-state index in [0.29, 0.717) is 23.5 Å². The largest absolute Gasteiger partial charge is 0.423 e. The number of allylic oxidation sites excluding steroid dienone is 1. The Labute approximate surface area is 118 Å². The van der Waals surface area contributed by atoms with Crippen molar-refractivity contribution in [2.75, 3.05) is 6.61 Å². The van der Waals surface area contributed by atoms with Crippen molar-refractivity contribution < 1.29 is 19.1 Å². The van der Waals surface area contributed by atoms with Crippen LogP contribution in [0.2, 0.25) is 0 Å². The molecule has 1 saturated heterocycles. The second kappa shape index (κ2) is 5.21. The van der Waals surface area contributed by atoms with Gasteiger partial charge in [-0.25, -0.2) is 4.79 Å². The van der Waals surface area contributed by atoms with E-state index in [1.807, 2.05) is 13.0 Å². The Morgan fingerprint density at radius 3 is 2.50 bits per heavy atom. The van der Waals surface area contributed by atoms with Gasteiger partial charge in [0.1, 0.15) is 5.75 Å². The van der Waals surface area contributed by atoms with E-state index < -0.39 is 11.6 Å². The van der Waals surface area contributed by atoms with Gasteiger partial charge in [-0.3, -0.25) is 4.79 Å². The van der Waals surface area contributed by atoms with Gasteiger partial charge in [-0.05, 0) is 39.3 Å². The average molecular weight is 274 g/mol. The van der Waals surface area contributed by atoms with Crippen molar-refractivity contribution >= 4 is 11.8 Å². The van der Waals surface area contributed by atoms with Gasteiger partial charge in [-0.15, -0.1) is 0 Å². The molecule has 0 unspecified atom stereocenters. The minimum absolute atomic E-state index is 0.0820. The number of rotatable bonds is 4. The number of carbonyl (C=O) groups is 2. The lowest BCUT2D eigenvalue weighted by molar-refractivity contribution is -0.130. The van der Waals surface area contributed by atoms with Crippen LogP contribution in [0.4, 0.5) is 0 Å².